The van der Waals surface area contributed by atoms with E-state index in [2.05, 4.69) is 15.4 Å². The number of halogens is 1. The van der Waals surface area contributed by atoms with Gasteiger partial charge in [0.1, 0.15) is 6.54 Å². The van der Waals surface area contributed by atoms with Gasteiger partial charge in [-0.25, -0.2) is 0 Å². The number of anilines is 1. The summed E-state index contributed by atoms with van der Waals surface area (Å²) >= 11 is 0. The first-order chi connectivity index (χ1) is 9.74. The summed E-state index contributed by atoms with van der Waals surface area (Å²) in [6, 6.07) is 6.23. The van der Waals surface area contributed by atoms with E-state index in [9.17, 15) is 14.4 Å². The van der Waals surface area contributed by atoms with Crippen molar-refractivity contribution in [1.82, 2.24) is 5.32 Å². The molecule has 0 aliphatic heterocycles. The Morgan fingerprint density at radius 3 is 2.18 bits per heavy atom. The minimum absolute atomic E-state index is 0. The smallest absolute Gasteiger partial charge is 0.325 e. The summed E-state index contributed by atoms with van der Waals surface area (Å²) < 4.78 is 4.42. The van der Waals surface area contributed by atoms with Crippen LogP contribution in [0.4, 0.5) is 5.69 Å². The van der Waals surface area contributed by atoms with Gasteiger partial charge in [0, 0.05) is 11.3 Å². The quantitative estimate of drug-likeness (QED) is 0.688. The van der Waals surface area contributed by atoms with E-state index < -0.39 is 17.4 Å². The molecule has 1 aromatic carbocycles. The molecule has 2 amide bonds. The van der Waals surface area contributed by atoms with E-state index in [1.165, 1.54) is 19.2 Å². The van der Waals surface area contributed by atoms with Crippen molar-refractivity contribution < 1.29 is 19.1 Å². The van der Waals surface area contributed by atoms with E-state index in [1.54, 1.807) is 26.0 Å². The molecule has 0 aliphatic rings. The molecular formula is C14H20ClN3O4. The summed E-state index contributed by atoms with van der Waals surface area (Å²) in [5.74, 6) is -1.26. The number of carbonyl (C=O) groups is 3. The molecule has 0 atom stereocenters. The molecule has 1 rings (SSSR count). The molecule has 8 heteroatoms. The van der Waals surface area contributed by atoms with E-state index in [0.29, 0.717) is 11.3 Å². The van der Waals surface area contributed by atoms with Crippen LogP contribution in [-0.4, -0.2) is 37.0 Å². The molecule has 0 radical (unpaired) electrons. The maximum Gasteiger partial charge on any atom is 0.325 e. The van der Waals surface area contributed by atoms with Crippen LogP contribution in [-0.2, 0) is 14.3 Å². The minimum atomic E-state index is -0.990. The highest BCUT2D eigenvalue weighted by molar-refractivity contribution is 5.99. The molecule has 122 valence electrons. The Labute approximate surface area is 135 Å². The van der Waals surface area contributed by atoms with Gasteiger partial charge in [0.2, 0.25) is 5.91 Å². The molecular weight excluding hydrogens is 310 g/mol. The van der Waals surface area contributed by atoms with Crippen molar-refractivity contribution in [3.8, 4) is 0 Å². The molecule has 0 aliphatic carbocycles. The first-order valence-electron chi connectivity index (χ1n) is 6.29. The van der Waals surface area contributed by atoms with E-state index in [1.807, 2.05) is 0 Å². The highest BCUT2D eigenvalue weighted by atomic mass is 35.5. The van der Waals surface area contributed by atoms with Crippen molar-refractivity contribution >= 4 is 35.9 Å². The minimum Gasteiger partial charge on any atom is -0.468 e. The van der Waals surface area contributed by atoms with Gasteiger partial charge in [-0.3, -0.25) is 14.4 Å². The van der Waals surface area contributed by atoms with Crippen molar-refractivity contribution in [3.05, 3.63) is 29.8 Å². The number of rotatable bonds is 5. The van der Waals surface area contributed by atoms with E-state index in [0.717, 1.165) is 0 Å². The van der Waals surface area contributed by atoms with Gasteiger partial charge < -0.3 is 21.1 Å². The zero-order valence-electron chi connectivity index (χ0n) is 12.6. The Hall–Kier alpha value is -2.12. The second kappa shape index (κ2) is 8.35. The molecule has 0 heterocycles. The topological polar surface area (TPSA) is 111 Å². The van der Waals surface area contributed by atoms with Crippen molar-refractivity contribution in [2.75, 3.05) is 19.0 Å². The number of ether oxygens (including phenoxy) is 1. The Balaban J connectivity index is 0.00000441. The van der Waals surface area contributed by atoms with Gasteiger partial charge in [0.05, 0.1) is 12.6 Å². The highest BCUT2D eigenvalue weighted by Crippen LogP contribution is 2.11. The summed E-state index contributed by atoms with van der Waals surface area (Å²) in [7, 11) is 1.24. The number of hydrogen-bond donors (Lipinski definition) is 3. The summed E-state index contributed by atoms with van der Waals surface area (Å²) in [4.78, 5) is 34.3. The van der Waals surface area contributed by atoms with Gasteiger partial charge in [0.25, 0.3) is 5.91 Å². The lowest BCUT2D eigenvalue weighted by Crippen LogP contribution is -2.45. The molecule has 0 saturated heterocycles. The molecule has 7 nitrogen and oxygen atoms in total. The van der Waals surface area contributed by atoms with E-state index >= 15 is 0 Å². The van der Waals surface area contributed by atoms with Crippen molar-refractivity contribution in [1.29, 1.82) is 0 Å². The lowest BCUT2D eigenvalue weighted by molar-refractivity contribution is -0.139. The number of carbonyl (C=O) groups excluding carboxylic acids is 3. The third-order valence-electron chi connectivity index (χ3n) is 2.61. The van der Waals surface area contributed by atoms with Crippen LogP contribution in [0.5, 0.6) is 0 Å². The molecule has 0 bridgehead atoms. The number of amides is 2. The summed E-state index contributed by atoms with van der Waals surface area (Å²) in [5.41, 5.74) is 5.57. The normalized spacial score (nSPS) is 10.2. The van der Waals surface area contributed by atoms with Crippen LogP contribution in [0.1, 0.15) is 24.2 Å². The van der Waals surface area contributed by atoms with Crippen LogP contribution in [0, 0.1) is 0 Å². The molecule has 0 unspecified atom stereocenters. The maximum atomic E-state index is 11.7. The molecule has 22 heavy (non-hydrogen) atoms. The lowest BCUT2D eigenvalue weighted by Gasteiger charge is -2.17. The summed E-state index contributed by atoms with van der Waals surface area (Å²) in [5, 5.41) is 5.05. The Bertz CT molecular complexity index is 538. The second-order valence-electron chi connectivity index (χ2n) is 5.01. The van der Waals surface area contributed by atoms with E-state index in [4.69, 9.17) is 5.73 Å². The Morgan fingerprint density at radius 1 is 1.18 bits per heavy atom. The predicted molar refractivity (Wildman–Crippen MR) is 84.9 cm³/mol. The average Bonchev–Trinajstić information content (AvgIpc) is 2.44. The van der Waals surface area contributed by atoms with Gasteiger partial charge in [-0.2, -0.15) is 0 Å². The van der Waals surface area contributed by atoms with Crippen molar-refractivity contribution in [2.45, 2.75) is 19.4 Å². The molecule has 4 N–H and O–H groups in total. The van der Waals surface area contributed by atoms with Crippen LogP contribution in [0.2, 0.25) is 0 Å². The predicted octanol–water partition coefficient (Wildman–Crippen LogP) is 0.687. The molecule has 0 fully saturated rings. The van der Waals surface area contributed by atoms with Gasteiger partial charge in [0.15, 0.2) is 0 Å². The molecule has 0 spiro atoms. The van der Waals surface area contributed by atoms with Crippen LogP contribution >= 0.6 is 12.4 Å². The van der Waals surface area contributed by atoms with Gasteiger partial charge in [-0.15, -0.1) is 12.4 Å². The van der Waals surface area contributed by atoms with E-state index in [-0.39, 0.29) is 24.9 Å². The van der Waals surface area contributed by atoms with Crippen LogP contribution in [0.15, 0.2) is 24.3 Å². The average molecular weight is 330 g/mol. The molecule has 0 aromatic heterocycles. The number of esters is 1. The van der Waals surface area contributed by atoms with Gasteiger partial charge in [-0.1, -0.05) is 0 Å². The highest BCUT2D eigenvalue weighted by Gasteiger charge is 2.21. The zero-order valence-corrected chi connectivity index (χ0v) is 13.5. The lowest BCUT2D eigenvalue weighted by atomic mass is 10.1. The third kappa shape index (κ3) is 6.11. The number of hydrogen-bond acceptors (Lipinski definition) is 5. The molecule has 0 saturated carbocycles. The van der Waals surface area contributed by atoms with Crippen molar-refractivity contribution in [2.24, 2.45) is 5.73 Å². The van der Waals surface area contributed by atoms with Crippen LogP contribution in [0.25, 0.3) is 0 Å². The SMILES string of the molecule is COC(=O)CNC(=O)c1ccc(NC(=O)C(C)(C)N)cc1.Cl. The Kier molecular flexibility index (Phi) is 7.55. The fourth-order valence-corrected chi connectivity index (χ4v) is 1.32. The maximum absolute atomic E-state index is 11.7. The largest absolute Gasteiger partial charge is 0.468 e. The summed E-state index contributed by atoms with van der Waals surface area (Å²) in [6.07, 6.45) is 0. The monoisotopic (exact) mass is 329 g/mol. The van der Waals surface area contributed by atoms with Gasteiger partial charge in [-0.05, 0) is 38.1 Å². The van der Waals surface area contributed by atoms with Gasteiger partial charge >= 0.3 is 5.97 Å². The standard InChI is InChI=1S/C14H19N3O4.ClH/c1-14(2,15)13(20)17-10-6-4-9(5-7-10)12(19)16-8-11(18)21-3;/h4-7H,8,15H2,1-3H3,(H,16,19)(H,17,20);1H. The fraction of sp³-hybridized carbons (Fsp3) is 0.357. The van der Waals surface area contributed by atoms with Crippen LogP contribution < -0.4 is 16.4 Å². The number of nitrogens with one attached hydrogen (secondary N) is 2. The first kappa shape index (κ1) is 19.9. The number of methoxy groups -OCH3 is 1. The molecule has 1 aromatic rings. The van der Waals surface area contributed by atoms with Crippen molar-refractivity contribution in [3.63, 3.8) is 0 Å². The first-order valence-corrected chi connectivity index (χ1v) is 6.29. The second-order valence-corrected chi connectivity index (χ2v) is 5.01. The number of benzene rings is 1. The third-order valence-corrected chi connectivity index (χ3v) is 2.61. The van der Waals surface area contributed by atoms with Crippen LogP contribution in [0.3, 0.4) is 0 Å². The Morgan fingerprint density at radius 2 is 1.73 bits per heavy atom. The fourth-order valence-electron chi connectivity index (χ4n) is 1.32. The zero-order chi connectivity index (χ0) is 16.0. The number of nitrogens with two attached hydrogens (primary N) is 1. The summed E-state index contributed by atoms with van der Waals surface area (Å²) in [6.45, 7) is 2.99.